The lowest BCUT2D eigenvalue weighted by Gasteiger charge is -2.35. The zero-order chi connectivity index (χ0) is 27.6. The molecule has 0 fully saturated rings. The fourth-order valence-electron chi connectivity index (χ4n) is 4.29. The number of carbonyl (C=O) groups is 1. The Labute approximate surface area is 226 Å². The summed E-state index contributed by atoms with van der Waals surface area (Å²) < 4.78 is 56.1. The standard InChI is InChI=1S/C27H25N5O5S2/c1-19-7-11-24(12-8-19)39(36,37)32-18-21-6-3-2-5-20(21)17-25(32)26(33)30-22-9-13-23(14-10-22)38(34,35)31-27-28-15-4-16-29-27/h2-16,25H,17-18H2,1H3,(H,30,33)(H,28,29,31)/t25-/m1/s1. The molecule has 0 radical (unpaired) electrons. The van der Waals surface area contributed by atoms with Gasteiger partial charge in [-0.25, -0.2) is 31.5 Å². The van der Waals surface area contributed by atoms with Crippen molar-refractivity contribution in [1.82, 2.24) is 14.3 Å². The van der Waals surface area contributed by atoms with Gasteiger partial charge < -0.3 is 5.32 Å². The number of hydrogen-bond donors (Lipinski definition) is 2. The van der Waals surface area contributed by atoms with Gasteiger partial charge in [0.25, 0.3) is 10.0 Å². The topological polar surface area (TPSA) is 138 Å². The fourth-order valence-corrected chi connectivity index (χ4v) is 6.82. The van der Waals surface area contributed by atoms with Crippen molar-refractivity contribution in [2.24, 2.45) is 0 Å². The molecule has 0 aliphatic carbocycles. The first kappa shape index (κ1) is 26.5. The molecule has 12 heteroatoms. The molecule has 5 rings (SSSR count). The summed E-state index contributed by atoms with van der Waals surface area (Å²) in [6, 6.07) is 20.0. The normalized spacial score (nSPS) is 15.8. The summed E-state index contributed by atoms with van der Waals surface area (Å²) in [5, 5.41) is 2.75. The van der Waals surface area contributed by atoms with E-state index < -0.39 is 32.0 Å². The highest BCUT2D eigenvalue weighted by molar-refractivity contribution is 7.92. The molecule has 1 aliphatic heterocycles. The van der Waals surface area contributed by atoms with Crippen LogP contribution in [0.25, 0.3) is 0 Å². The number of benzene rings is 3. The van der Waals surface area contributed by atoms with Crippen LogP contribution in [-0.2, 0) is 37.8 Å². The molecule has 3 aromatic carbocycles. The second-order valence-electron chi connectivity index (χ2n) is 9.04. The van der Waals surface area contributed by atoms with E-state index in [4.69, 9.17) is 0 Å². The minimum absolute atomic E-state index is 0.0505. The van der Waals surface area contributed by atoms with Crippen LogP contribution in [0.3, 0.4) is 0 Å². The van der Waals surface area contributed by atoms with Crippen LogP contribution in [-0.4, -0.2) is 43.1 Å². The molecule has 0 saturated carbocycles. The van der Waals surface area contributed by atoms with Gasteiger partial charge in [-0.05, 0) is 66.9 Å². The highest BCUT2D eigenvalue weighted by Gasteiger charge is 2.39. The minimum Gasteiger partial charge on any atom is -0.325 e. The van der Waals surface area contributed by atoms with E-state index in [-0.39, 0.29) is 28.7 Å². The number of fused-ring (bicyclic) bond motifs is 1. The van der Waals surface area contributed by atoms with Gasteiger partial charge in [0.1, 0.15) is 6.04 Å². The van der Waals surface area contributed by atoms with Gasteiger partial charge in [0.05, 0.1) is 9.79 Å². The molecule has 39 heavy (non-hydrogen) atoms. The predicted octanol–water partition coefficient (Wildman–Crippen LogP) is 3.34. The highest BCUT2D eigenvalue weighted by Crippen LogP contribution is 2.30. The molecule has 1 aliphatic rings. The molecule has 1 aromatic heterocycles. The van der Waals surface area contributed by atoms with Gasteiger partial charge in [-0.3, -0.25) is 4.79 Å². The molecule has 2 heterocycles. The molecule has 1 amide bonds. The van der Waals surface area contributed by atoms with Gasteiger partial charge >= 0.3 is 0 Å². The van der Waals surface area contributed by atoms with Gasteiger partial charge in [-0.2, -0.15) is 4.31 Å². The number of aryl methyl sites for hydroxylation is 1. The van der Waals surface area contributed by atoms with E-state index in [2.05, 4.69) is 20.0 Å². The summed E-state index contributed by atoms with van der Waals surface area (Å²) in [4.78, 5) is 21.2. The van der Waals surface area contributed by atoms with E-state index in [0.717, 1.165) is 16.7 Å². The van der Waals surface area contributed by atoms with Crippen LogP contribution in [0.2, 0.25) is 0 Å². The summed E-state index contributed by atoms with van der Waals surface area (Å²) in [5.74, 6) is -0.589. The number of nitrogens with zero attached hydrogens (tertiary/aromatic N) is 3. The third-order valence-electron chi connectivity index (χ3n) is 6.36. The summed E-state index contributed by atoms with van der Waals surface area (Å²) in [6.07, 6.45) is 3.02. The van der Waals surface area contributed by atoms with Gasteiger partial charge in [0, 0.05) is 24.6 Å². The number of aromatic nitrogens is 2. The average Bonchev–Trinajstić information content (AvgIpc) is 2.93. The molecule has 200 valence electrons. The molecule has 0 saturated heterocycles. The molecule has 0 bridgehead atoms. The maximum absolute atomic E-state index is 13.6. The van der Waals surface area contributed by atoms with Crippen LogP contribution in [0.4, 0.5) is 11.6 Å². The van der Waals surface area contributed by atoms with Crippen molar-refractivity contribution < 1.29 is 21.6 Å². The molecule has 4 aromatic rings. The molecule has 0 unspecified atom stereocenters. The third kappa shape index (κ3) is 5.67. The smallest absolute Gasteiger partial charge is 0.264 e. The Morgan fingerprint density at radius 1 is 0.821 bits per heavy atom. The Hall–Kier alpha value is -4.13. The fraction of sp³-hybridized carbons (Fsp3) is 0.148. The van der Waals surface area contributed by atoms with Gasteiger partial charge in [0.2, 0.25) is 21.9 Å². The van der Waals surface area contributed by atoms with Crippen molar-refractivity contribution in [1.29, 1.82) is 0 Å². The van der Waals surface area contributed by atoms with Crippen molar-refractivity contribution in [3.63, 3.8) is 0 Å². The second-order valence-corrected chi connectivity index (χ2v) is 12.6. The number of nitrogens with one attached hydrogen (secondary N) is 2. The summed E-state index contributed by atoms with van der Waals surface area (Å²) in [6.45, 7) is 1.92. The average molecular weight is 564 g/mol. The van der Waals surface area contributed by atoms with E-state index >= 15 is 0 Å². The van der Waals surface area contributed by atoms with Crippen LogP contribution in [0, 0.1) is 6.92 Å². The van der Waals surface area contributed by atoms with Gasteiger partial charge in [-0.15, -0.1) is 0 Å². The van der Waals surface area contributed by atoms with E-state index in [1.807, 2.05) is 31.2 Å². The molecular formula is C27H25N5O5S2. The van der Waals surface area contributed by atoms with E-state index in [9.17, 15) is 21.6 Å². The third-order valence-corrected chi connectivity index (χ3v) is 9.57. The van der Waals surface area contributed by atoms with Crippen molar-refractivity contribution in [2.45, 2.75) is 35.7 Å². The zero-order valence-corrected chi connectivity index (χ0v) is 22.5. The number of carbonyl (C=O) groups excluding carboxylic acids is 1. The van der Waals surface area contributed by atoms with Crippen LogP contribution >= 0.6 is 0 Å². The summed E-state index contributed by atoms with van der Waals surface area (Å²) in [5.41, 5.74) is 2.97. The Morgan fingerprint density at radius 3 is 2.10 bits per heavy atom. The lowest BCUT2D eigenvalue weighted by atomic mass is 9.95. The predicted molar refractivity (Wildman–Crippen MR) is 146 cm³/mol. The van der Waals surface area contributed by atoms with Crippen LogP contribution < -0.4 is 10.0 Å². The Balaban J connectivity index is 1.39. The van der Waals surface area contributed by atoms with Crippen LogP contribution in [0.1, 0.15) is 16.7 Å². The lowest BCUT2D eigenvalue weighted by molar-refractivity contribution is -0.120. The summed E-state index contributed by atoms with van der Waals surface area (Å²) in [7, 11) is -7.94. The van der Waals surface area contributed by atoms with Crippen LogP contribution in [0.15, 0.2) is 101 Å². The first-order chi connectivity index (χ1) is 18.6. The molecule has 10 nitrogen and oxygen atoms in total. The Morgan fingerprint density at radius 2 is 1.44 bits per heavy atom. The maximum atomic E-state index is 13.6. The number of rotatable bonds is 7. The Kier molecular flexibility index (Phi) is 7.17. The number of anilines is 2. The van der Waals surface area contributed by atoms with Crippen molar-refractivity contribution in [2.75, 3.05) is 10.0 Å². The van der Waals surface area contributed by atoms with Gasteiger partial charge in [0.15, 0.2) is 0 Å². The van der Waals surface area contributed by atoms with Crippen LogP contribution in [0.5, 0.6) is 0 Å². The minimum atomic E-state index is -3.99. The summed E-state index contributed by atoms with van der Waals surface area (Å²) >= 11 is 0. The second kappa shape index (κ2) is 10.6. The van der Waals surface area contributed by atoms with Crippen molar-refractivity contribution >= 4 is 37.6 Å². The van der Waals surface area contributed by atoms with Crippen molar-refractivity contribution in [3.05, 3.63) is 108 Å². The van der Waals surface area contributed by atoms with Crippen molar-refractivity contribution in [3.8, 4) is 0 Å². The molecule has 2 N–H and O–H groups in total. The van der Waals surface area contributed by atoms with E-state index in [1.165, 1.54) is 53.1 Å². The number of sulfonamides is 2. The largest absolute Gasteiger partial charge is 0.325 e. The van der Waals surface area contributed by atoms with E-state index in [1.54, 1.807) is 18.2 Å². The molecular weight excluding hydrogens is 538 g/mol. The maximum Gasteiger partial charge on any atom is 0.264 e. The number of hydrogen-bond acceptors (Lipinski definition) is 7. The highest BCUT2D eigenvalue weighted by atomic mass is 32.2. The van der Waals surface area contributed by atoms with Gasteiger partial charge in [-0.1, -0.05) is 42.0 Å². The first-order valence-corrected chi connectivity index (χ1v) is 14.9. The number of amides is 1. The SMILES string of the molecule is Cc1ccc(S(=O)(=O)N2Cc3ccccc3C[C@@H]2C(=O)Nc2ccc(S(=O)(=O)Nc3ncccn3)cc2)cc1. The monoisotopic (exact) mass is 563 g/mol. The molecule has 1 atom stereocenters. The quantitative estimate of drug-likeness (QED) is 0.352. The van der Waals surface area contributed by atoms with E-state index in [0.29, 0.717) is 5.69 Å². The Bertz CT molecular complexity index is 1710. The molecule has 0 spiro atoms. The zero-order valence-electron chi connectivity index (χ0n) is 20.9. The lowest BCUT2D eigenvalue weighted by Crippen LogP contribution is -2.50. The first-order valence-electron chi connectivity index (χ1n) is 12.0.